The van der Waals surface area contributed by atoms with Crippen molar-refractivity contribution in [2.45, 2.75) is 31.6 Å². The third-order valence-electron chi connectivity index (χ3n) is 5.36. The summed E-state index contributed by atoms with van der Waals surface area (Å²) in [7, 11) is 0. The Kier molecular flexibility index (Phi) is 5.01. The highest BCUT2D eigenvalue weighted by Gasteiger charge is 2.22. The average Bonchev–Trinajstić information content (AvgIpc) is 2.72. The van der Waals surface area contributed by atoms with E-state index >= 15 is 0 Å². The van der Waals surface area contributed by atoms with Crippen molar-refractivity contribution in [1.29, 1.82) is 0 Å². The Bertz CT molecular complexity index is 868. The summed E-state index contributed by atoms with van der Waals surface area (Å²) < 4.78 is 0. The van der Waals surface area contributed by atoms with Gasteiger partial charge in [0.05, 0.1) is 0 Å². The molecule has 4 rings (SSSR count). The van der Waals surface area contributed by atoms with Crippen LogP contribution in [-0.4, -0.2) is 34.8 Å². The Hall–Kier alpha value is -2.95. The van der Waals surface area contributed by atoms with E-state index in [1.807, 2.05) is 23.1 Å². The SMILES string of the molecule is O=C1CCc2cc(/C=C/C(=O)N3CCC(c4ccccc4)CC3)cnc2N1. The highest BCUT2D eigenvalue weighted by molar-refractivity contribution is 5.93. The van der Waals surface area contributed by atoms with Crippen LogP contribution in [0.5, 0.6) is 0 Å². The van der Waals surface area contributed by atoms with Gasteiger partial charge >= 0.3 is 0 Å². The molecule has 1 aromatic heterocycles. The normalized spacial score (nSPS) is 17.6. The maximum Gasteiger partial charge on any atom is 0.246 e. The van der Waals surface area contributed by atoms with E-state index in [0.717, 1.165) is 37.1 Å². The van der Waals surface area contributed by atoms with Crippen molar-refractivity contribution in [3.63, 3.8) is 0 Å². The van der Waals surface area contributed by atoms with Gasteiger partial charge in [0.25, 0.3) is 0 Å². The monoisotopic (exact) mass is 361 g/mol. The number of nitrogens with one attached hydrogen (secondary N) is 1. The van der Waals surface area contributed by atoms with Gasteiger partial charge in [-0.25, -0.2) is 4.98 Å². The van der Waals surface area contributed by atoms with Gasteiger partial charge in [0, 0.05) is 31.8 Å². The zero-order chi connectivity index (χ0) is 18.6. The summed E-state index contributed by atoms with van der Waals surface area (Å²) in [5.41, 5.74) is 3.28. The van der Waals surface area contributed by atoms with Crippen LogP contribution in [0.25, 0.3) is 6.08 Å². The minimum Gasteiger partial charge on any atom is -0.339 e. The van der Waals surface area contributed by atoms with E-state index in [2.05, 4.69) is 34.6 Å². The van der Waals surface area contributed by atoms with Crippen LogP contribution in [0.1, 0.15) is 41.9 Å². The molecule has 5 heteroatoms. The molecule has 2 aliphatic rings. The first-order valence-corrected chi connectivity index (χ1v) is 9.50. The summed E-state index contributed by atoms with van der Waals surface area (Å²) in [6.45, 7) is 1.58. The molecule has 0 spiro atoms. The van der Waals surface area contributed by atoms with E-state index < -0.39 is 0 Å². The maximum absolute atomic E-state index is 12.5. The topological polar surface area (TPSA) is 62.3 Å². The summed E-state index contributed by atoms with van der Waals surface area (Å²) in [6, 6.07) is 12.5. The molecule has 3 heterocycles. The minimum atomic E-state index is 0.00683. The molecule has 5 nitrogen and oxygen atoms in total. The number of aryl methyl sites for hydroxylation is 1. The molecule has 1 aromatic carbocycles. The summed E-state index contributed by atoms with van der Waals surface area (Å²) in [6.07, 6.45) is 8.32. The van der Waals surface area contributed by atoms with Crippen LogP contribution in [0.15, 0.2) is 48.7 Å². The minimum absolute atomic E-state index is 0.00683. The highest BCUT2D eigenvalue weighted by atomic mass is 16.2. The lowest BCUT2D eigenvalue weighted by Gasteiger charge is -2.31. The average molecular weight is 361 g/mol. The summed E-state index contributed by atoms with van der Waals surface area (Å²) in [5, 5.41) is 2.77. The van der Waals surface area contributed by atoms with Gasteiger partial charge < -0.3 is 10.2 Å². The number of hydrogen-bond donors (Lipinski definition) is 1. The molecule has 0 saturated carbocycles. The number of pyridine rings is 1. The lowest BCUT2D eigenvalue weighted by atomic mass is 9.89. The molecule has 0 aliphatic carbocycles. The number of fused-ring (bicyclic) bond motifs is 1. The first-order valence-electron chi connectivity index (χ1n) is 9.50. The first kappa shape index (κ1) is 17.5. The fourth-order valence-electron chi connectivity index (χ4n) is 3.80. The van der Waals surface area contributed by atoms with Crippen molar-refractivity contribution in [2.75, 3.05) is 18.4 Å². The van der Waals surface area contributed by atoms with Crippen molar-refractivity contribution in [3.05, 3.63) is 65.4 Å². The zero-order valence-electron chi connectivity index (χ0n) is 15.2. The standard InChI is InChI=1S/C22H23N3O2/c26-20-8-7-19-14-16(15-23-22(19)24-20)6-9-21(27)25-12-10-18(11-13-25)17-4-2-1-3-5-17/h1-6,9,14-15,18H,7-8,10-13H2,(H,23,24,26)/b9-6+. The maximum atomic E-state index is 12.5. The van der Waals surface area contributed by atoms with Crippen LogP contribution in [0, 0.1) is 0 Å². The molecule has 1 fully saturated rings. The van der Waals surface area contributed by atoms with Crippen molar-refractivity contribution >= 4 is 23.7 Å². The Morgan fingerprint density at radius 3 is 2.70 bits per heavy atom. The van der Waals surface area contributed by atoms with Gasteiger partial charge in [-0.3, -0.25) is 9.59 Å². The molecule has 0 unspecified atom stereocenters. The lowest BCUT2D eigenvalue weighted by Crippen LogP contribution is -2.36. The molecule has 1 saturated heterocycles. The number of benzene rings is 1. The lowest BCUT2D eigenvalue weighted by molar-refractivity contribution is -0.127. The van der Waals surface area contributed by atoms with E-state index in [4.69, 9.17) is 0 Å². The number of amides is 2. The number of carbonyl (C=O) groups is 2. The second kappa shape index (κ2) is 7.74. The molecule has 0 atom stereocenters. The Balaban J connectivity index is 1.35. The number of nitrogens with zero attached hydrogens (tertiary/aromatic N) is 2. The predicted molar refractivity (Wildman–Crippen MR) is 105 cm³/mol. The van der Waals surface area contributed by atoms with Gasteiger partial charge in [-0.15, -0.1) is 0 Å². The zero-order valence-corrected chi connectivity index (χ0v) is 15.2. The fraction of sp³-hybridized carbons (Fsp3) is 0.318. The molecule has 0 bridgehead atoms. The molecular formula is C22H23N3O2. The number of hydrogen-bond acceptors (Lipinski definition) is 3. The van der Waals surface area contributed by atoms with Crippen LogP contribution in [0.4, 0.5) is 5.82 Å². The number of piperidine rings is 1. The van der Waals surface area contributed by atoms with Crippen molar-refractivity contribution < 1.29 is 9.59 Å². The van der Waals surface area contributed by atoms with E-state index in [-0.39, 0.29) is 11.8 Å². The quantitative estimate of drug-likeness (QED) is 0.853. The second-order valence-corrected chi connectivity index (χ2v) is 7.17. The van der Waals surface area contributed by atoms with Gasteiger partial charge in [-0.05, 0) is 54.0 Å². The molecule has 27 heavy (non-hydrogen) atoms. The Morgan fingerprint density at radius 1 is 1.15 bits per heavy atom. The summed E-state index contributed by atoms with van der Waals surface area (Å²) in [5.74, 6) is 1.23. The number of rotatable bonds is 3. The molecule has 1 N–H and O–H groups in total. The van der Waals surface area contributed by atoms with E-state index in [0.29, 0.717) is 24.6 Å². The molecule has 2 aliphatic heterocycles. The molecule has 138 valence electrons. The largest absolute Gasteiger partial charge is 0.339 e. The van der Waals surface area contributed by atoms with E-state index in [1.165, 1.54) is 5.56 Å². The smallest absolute Gasteiger partial charge is 0.246 e. The van der Waals surface area contributed by atoms with Crippen molar-refractivity contribution in [3.8, 4) is 0 Å². The van der Waals surface area contributed by atoms with Crippen LogP contribution in [-0.2, 0) is 16.0 Å². The van der Waals surface area contributed by atoms with Crippen LogP contribution in [0.3, 0.4) is 0 Å². The van der Waals surface area contributed by atoms with Gasteiger partial charge in [-0.2, -0.15) is 0 Å². The molecule has 0 radical (unpaired) electrons. The van der Waals surface area contributed by atoms with Gasteiger partial charge in [0.1, 0.15) is 5.82 Å². The van der Waals surface area contributed by atoms with Gasteiger partial charge in [0.2, 0.25) is 11.8 Å². The molecular weight excluding hydrogens is 338 g/mol. The van der Waals surface area contributed by atoms with Crippen molar-refractivity contribution in [2.24, 2.45) is 0 Å². The predicted octanol–water partition coefficient (Wildman–Crippen LogP) is 3.39. The highest BCUT2D eigenvalue weighted by Crippen LogP contribution is 2.28. The number of aromatic nitrogens is 1. The van der Waals surface area contributed by atoms with E-state index in [1.54, 1.807) is 12.3 Å². The number of carbonyl (C=O) groups excluding carboxylic acids is 2. The van der Waals surface area contributed by atoms with Gasteiger partial charge in [0.15, 0.2) is 0 Å². The van der Waals surface area contributed by atoms with Crippen LogP contribution < -0.4 is 5.32 Å². The van der Waals surface area contributed by atoms with Crippen LogP contribution in [0.2, 0.25) is 0 Å². The third kappa shape index (κ3) is 4.08. The summed E-state index contributed by atoms with van der Waals surface area (Å²) >= 11 is 0. The van der Waals surface area contributed by atoms with Crippen molar-refractivity contribution in [1.82, 2.24) is 9.88 Å². The molecule has 2 amide bonds. The second-order valence-electron chi connectivity index (χ2n) is 7.17. The van der Waals surface area contributed by atoms with E-state index in [9.17, 15) is 9.59 Å². The number of anilines is 1. The fourth-order valence-corrected chi connectivity index (χ4v) is 3.80. The Labute approximate surface area is 159 Å². The first-order chi connectivity index (χ1) is 13.2. The third-order valence-corrected chi connectivity index (χ3v) is 5.36. The van der Waals surface area contributed by atoms with Crippen LogP contribution >= 0.6 is 0 Å². The molecule has 2 aromatic rings. The van der Waals surface area contributed by atoms with Gasteiger partial charge in [-0.1, -0.05) is 30.3 Å². The number of likely N-dealkylation sites (tertiary alicyclic amines) is 1. The summed E-state index contributed by atoms with van der Waals surface area (Å²) in [4.78, 5) is 30.1. The Morgan fingerprint density at radius 2 is 1.93 bits per heavy atom.